The van der Waals surface area contributed by atoms with E-state index in [0.29, 0.717) is 5.92 Å². The molecule has 0 fully saturated rings. The minimum absolute atomic E-state index is 0.212. The molecule has 0 saturated heterocycles. The van der Waals surface area contributed by atoms with Crippen molar-refractivity contribution in [2.24, 2.45) is 5.92 Å². The average molecular weight is 188 g/mol. The molecule has 14 heavy (non-hydrogen) atoms. The second kappa shape index (κ2) is 3.23. The first-order chi connectivity index (χ1) is 6.70. The lowest BCUT2D eigenvalue weighted by molar-refractivity contribution is -0.114. The van der Waals surface area contributed by atoms with Crippen molar-refractivity contribution in [3.8, 4) is 0 Å². The predicted molar refractivity (Wildman–Crippen MR) is 57.3 cm³/mol. The largest absolute Gasteiger partial charge is 0.302 e. The number of carbonyl (C=O) groups is 1. The van der Waals surface area contributed by atoms with Crippen LogP contribution in [0.1, 0.15) is 31.4 Å². The first kappa shape index (κ1) is 9.45. The normalized spacial score (nSPS) is 25.1. The fraction of sp³-hybridized carbons (Fsp3) is 0.462. The SMILES string of the molecule is CC(C)[C@]1(C=O)CCc2ccccc21. The summed E-state index contributed by atoms with van der Waals surface area (Å²) in [6.45, 7) is 4.27. The van der Waals surface area contributed by atoms with Crippen molar-refractivity contribution >= 4 is 6.29 Å². The highest BCUT2D eigenvalue weighted by molar-refractivity contribution is 5.72. The molecule has 0 amide bonds. The number of hydrogen-bond acceptors (Lipinski definition) is 1. The van der Waals surface area contributed by atoms with Gasteiger partial charge in [-0.15, -0.1) is 0 Å². The van der Waals surface area contributed by atoms with Crippen LogP contribution in [0.2, 0.25) is 0 Å². The number of hydrogen-bond donors (Lipinski definition) is 0. The Bertz CT molecular complexity index is 354. The quantitative estimate of drug-likeness (QED) is 0.652. The zero-order valence-electron chi connectivity index (χ0n) is 8.79. The molecule has 1 aromatic rings. The smallest absolute Gasteiger partial charge is 0.130 e. The fourth-order valence-electron chi connectivity index (χ4n) is 2.53. The minimum Gasteiger partial charge on any atom is -0.302 e. The van der Waals surface area contributed by atoms with Gasteiger partial charge in [0.2, 0.25) is 0 Å². The summed E-state index contributed by atoms with van der Waals surface area (Å²) < 4.78 is 0. The summed E-state index contributed by atoms with van der Waals surface area (Å²) >= 11 is 0. The molecule has 2 rings (SSSR count). The topological polar surface area (TPSA) is 17.1 Å². The zero-order valence-corrected chi connectivity index (χ0v) is 8.79. The molecule has 1 aliphatic rings. The van der Waals surface area contributed by atoms with Crippen molar-refractivity contribution in [2.45, 2.75) is 32.1 Å². The van der Waals surface area contributed by atoms with Gasteiger partial charge in [-0.05, 0) is 29.9 Å². The fourth-order valence-corrected chi connectivity index (χ4v) is 2.53. The average Bonchev–Trinajstić information content (AvgIpc) is 2.57. The Hall–Kier alpha value is -1.11. The predicted octanol–water partition coefficient (Wildman–Crippen LogP) is 2.73. The maximum absolute atomic E-state index is 11.3. The summed E-state index contributed by atoms with van der Waals surface area (Å²) in [4.78, 5) is 11.3. The molecule has 0 aliphatic heterocycles. The molecule has 0 N–H and O–H groups in total. The third-order valence-corrected chi connectivity index (χ3v) is 3.57. The molecule has 0 unspecified atom stereocenters. The Morgan fingerprint density at radius 3 is 2.71 bits per heavy atom. The van der Waals surface area contributed by atoms with E-state index in [2.05, 4.69) is 32.0 Å². The Kier molecular flexibility index (Phi) is 2.18. The van der Waals surface area contributed by atoms with Gasteiger partial charge in [-0.3, -0.25) is 0 Å². The van der Waals surface area contributed by atoms with Crippen LogP contribution >= 0.6 is 0 Å². The van der Waals surface area contributed by atoms with Crippen molar-refractivity contribution in [1.82, 2.24) is 0 Å². The third kappa shape index (κ3) is 1.12. The standard InChI is InChI=1S/C13H16O/c1-10(2)13(9-14)8-7-11-5-3-4-6-12(11)13/h3-6,9-10H,7-8H2,1-2H3/t13-/m1/s1. The van der Waals surface area contributed by atoms with Crippen LogP contribution in [-0.4, -0.2) is 6.29 Å². The van der Waals surface area contributed by atoms with Crippen LogP contribution in [0.4, 0.5) is 0 Å². The van der Waals surface area contributed by atoms with Gasteiger partial charge in [-0.1, -0.05) is 38.1 Å². The second-order valence-electron chi connectivity index (χ2n) is 4.47. The van der Waals surface area contributed by atoms with E-state index in [1.807, 2.05) is 6.07 Å². The van der Waals surface area contributed by atoms with Crippen molar-refractivity contribution in [1.29, 1.82) is 0 Å². The number of carbonyl (C=O) groups excluding carboxylic acids is 1. The van der Waals surface area contributed by atoms with Crippen LogP contribution in [0.5, 0.6) is 0 Å². The van der Waals surface area contributed by atoms with Crippen molar-refractivity contribution in [3.05, 3.63) is 35.4 Å². The number of fused-ring (bicyclic) bond motifs is 1. The molecule has 1 atom stereocenters. The van der Waals surface area contributed by atoms with Crippen LogP contribution in [0.25, 0.3) is 0 Å². The monoisotopic (exact) mass is 188 g/mol. The Balaban J connectivity index is 2.55. The summed E-state index contributed by atoms with van der Waals surface area (Å²) in [7, 11) is 0. The molecule has 0 bridgehead atoms. The molecule has 0 saturated carbocycles. The molecule has 1 aromatic carbocycles. The molecular formula is C13H16O. The summed E-state index contributed by atoms with van der Waals surface area (Å²) in [5.74, 6) is 0.392. The van der Waals surface area contributed by atoms with Crippen LogP contribution in [0.15, 0.2) is 24.3 Å². The number of benzene rings is 1. The number of aldehydes is 1. The molecule has 0 spiro atoms. The van der Waals surface area contributed by atoms with Crippen LogP contribution in [0.3, 0.4) is 0 Å². The van der Waals surface area contributed by atoms with E-state index in [1.165, 1.54) is 11.1 Å². The lowest BCUT2D eigenvalue weighted by atomic mass is 9.74. The van der Waals surface area contributed by atoms with Crippen LogP contribution < -0.4 is 0 Å². The van der Waals surface area contributed by atoms with Gasteiger partial charge in [-0.2, -0.15) is 0 Å². The molecular weight excluding hydrogens is 172 g/mol. The minimum atomic E-state index is -0.212. The van der Waals surface area contributed by atoms with Gasteiger partial charge in [0.05, 0.1) is 5.41 Å². The lowest BCUT2D eigenvalue weighted by Gasteiger charge is -2.28. The Morgan fingerprint density at radius 2 is 2.07 bits per heavy atom. The Morgan fingerprint density at radius 1 is 1.36 bits per heavy atom. The highest BCUT2D eigenvalue weighted by Crippen LogP contribution is 2.42. The molecule has 74 valence electrons. The van der Waals surface area contributed by atoms with Crippen LogP contribution in [0, 0.1) is 5.92 Å². The van der Waals surface area contributed by atoms with Gasteiger partial charge in [-0.25, -0.2) is 0 Å². The van der Waals surface area contributed by atoms with Gasteiger partial charge in [0, 0.05) is 0 Å². The van der Waals surface area contributed by atoms with Crippen molar-refractivity contribution < 1.29 is 4.79 Å². The summed E-state index contributed by atoms with van der Waals surface area (Å²) in [5.41, 5.74) is 2.40. The van der Waals surface area contributed by atoms with E-state index in [4.69, 9.17) is 0 Å². The number of rotatable bonds is 2. The van der Waals surface area contributed by atoms with E-state index in [-0.39, 0.29) is 5.41 Å². The van der Waals surface area contributed by atoms with E-state index in [1.54, 1.807) is 0 Å². The summed E-state index contributed by atoms with van der Waals surface area (Å²) in [6.07, 6.45) is 3.18. The summed E-state index contributed by atoms with van der Waals surface area (Å²) in [6, 6.07) is 8.34. The van der Waals surface area contributed by atoms with Gasteiger partial charge in [0.1, 0.15) is 6.29 Å². The maximum Gasteiger partial charge on any atom is 0.130 e. The van der Waals surface area contributed by atoms with Gasteiger partial charge in [0.25, 0.3) is 0 Å². The molecule has 0 radical (unpaired) electrons. The maximum atomic E-state index is 11.3. The van der Waals surface area contributed by atoms with Gasteiger partial charge >= 0.3 is 0 Å². The lowest BCUT2D eigenvalue weighted by Crippen LogP contribution is -2.31. The zero-order chi connectivity index (χ0) is 10.2. The molecule has 0 heterocycles. The number of aryl methyl sites for hydroxylation is 1. The molecule has 1 heteroatoms. The first-order valence-electron chi connectivity index (χ1n) is 5.25. The third-order valence-electron chi connectivity index (χ3n) is 3.57. The molecule has 0 aromatic heterocycles. The molecule has 1 nitrogen and oxygen atoms in total. The van der Waals surface area contributed by atoms with Crippen LogP contribution in [-0.2, 0) is 16.6 Å². The van der Waals surface area contributed by atoms with Crippen molar-refractivity contribution in [3.63, 3.8) is 0 Å². The highest BCUT2D eigenvalue weighted by Gasteiger charge is 2.40. The van der Waals surface area contributed by atoms with E-state index < -0.39 is 0 Å². The van der Waals surface area contributed by atoms with E-state index in [0.717, 1.165) is 19.1 Å². The van der Waals surface area contributed by atoms with E-state index >= 15 is 0 Å². The van der Waals surface area contributed by atoms with Gasteiger partial charge < -0.3 is 4.79 Å². The second-order valence-corrected chi connectivity index (χ2v) is 4.47. The highest BCUT2D eigenvalue weighted by atomic mass is 16.1. The summed E-state index contributed by atoms with van der Waals surface area (Å²) in [5, 5.41) is 0. The molecule has 1 aliphatic carbocycles. The van der Waals surface area contributed by atoms with Gasteiger partial charge in [0.15, 0.2) is 0 Å². The Labute approximate surface area is 85.1 Å². The van der Waals surface area contributed by atoms with E-state index in [9.17, 15) is 4.79 Å². The van der Waals surface area contributed by atoms with Crippen molar-refractivity contribution in [2.75, 3.05) is 0 Å². The first-order valence-corrected chi connectivity index (χ1v) is 5.25.